The molecule has 0 rings (SSSR count). The third kappa shape index (κ3) is 19.1. The first-order valence-corrected chi connectivity index (χ1v) is 9.55. The molecule has 0 unspecified atom stereocenters. The molecule has 0 aromatic carbocycles. The normalized spacial score (nSPS) is 10.7. The van der Waals surface area contributed by atoms with E-state index in [4.69, 9.17) is 18.9 Å². The summed E-state index contributed by atoms with van der Waals surface area (Å²) in [6, 6.07) is 0. The van der Waals surface area contributed by atoms with Gasteiger partial charge in [0.1, 0.15) is 6.61 Å². The van der Waals surface area contributed by atoms with Crippen molar-refractivity contribution in [1.82, 2.24) is 10.6 Å². The van der Waals surface area contributed by atoms with Crippen LogP contribution in [0.15, 0.2) is 0 Å². The summed E-state index contributed by atoms with van der Waals surface area (Å²) in [4.78, 5) is 22.8. The molecule has 0 aromatic heterocycles. The molecule has 0 aliphatic carbocycles. The van der Waals surface area contributed by atoms with Crippen LogP contribution in [0.2, 0.25) is 0 Å². The Balaban J connectivity index is 3.20. The van der Waals surface area contributed by atoms with Gasteiger partial charge >= 0.3 is 0 Å². The van der Waals surface area contributed by atoms with Crippen LogP contribution in [0.1, 0.15) is 39.5 Å². The summed E-state index contributed by atoms with van der Waals surface area (Å²) >= 11 is 0. The van der Waals surface area contributed by atoms with E-state index in [9.17, 15) is 9.59 Å². The summed E-state index contributed by atoms with van der Waals surface area (Å²) in [6.07, 6.45) is 3.40. The van der Waals surface area contributed by atoms with Crippen molar-refractivity contribution >= 4 is 11.8 Å². The van der Waals surface area contributed by atoms with Crippen LogP contribution in [-0.4, -0.2) is 77.8 Å². The molecule has 0 aliphatic heterocycles. The Morgan fingerprint density at radius 2 is 1.27 bits per heavy atom. The fourth-order valence-electron chi connectivity index (χ4n) is 1.86. The number of ether oxygens (including phenoxy) is 4. The molecule has 0 radical (unpaired) electrons. The first-order valence-electron chi connectivity index (χ1n) is 9.55. The van der Waals surface area contributed by atoms with Gasteiger partial charge in [0.2, 0.25) is 11.8 Å². The van der Waals surface area contributed by atoms with Crippen LogP contribution < -0.4 is 10.6 Å². The molecule has 0 spiro atoms. The van der Waals surface area contributed by atoms with Crippen LogP contribution in [-0.2, 0) is 28.5 Å². The highest BCUT2D eigenvalue weighted by Gasteiger charge is 2.01. The van der Waals surface area contributed by atoms with E-state index < -0.39 is 0 Å². The highest BCUT2D eigenvalue weighted by atomic mass is 16.5. The van der Waals surface area contributed by atoms with Gasteiger partial charge in [-0.25, -0.2) is 0 Å². The molecule has 0 bridgehead atoms. The highest BCUT2D eigenvalue weighted by molar-refractivity contribution is 5.77. The van der Waals surface area contributed by atoms with Crippen LogP contribution in [0.25, 0.3) is 0 Å². The number of carbonyl (C=O) groups excluding carboxylic acids is 2. The number of rotatable bonds is 19. The maximum Gasteiger partial charge on any atom is 0.246 e. The number of hydrogen-bond donors (Lipinski definition) is 2. The second kappa shape index (κ2) is 20.1. The lowest BCUT2D eigenvalue weighted by atomic mass is 10.3. The second-order valence-corrected chi connectivity index (χ2v) is 5.63. The van der Waals surface area contributed by atoms with Crippen LogP contribution in [0, 0.1) is 0 Å². The Bertz CT molecular complexity index is 342. The van der Waals surface area contributed by atoms with Gasteiger partial charge in [0.15, 0.2) is 0 Å². The average Bonchev–Trinajstić information content (AvgIpc) is 2.64. The van der Waals surface area contributed by atoms with Crippen molar-refractivity contribution in [2.24, 2.45) is 0 Å². The fourth-order valence-corrected chi connectivity index (χ4v) is 1.86. The van der Waals surface area contributed by atoms with E-state index in [2.05, 4.69) is 17.6 Å². The smallest absolute Gasteiger partial charge is 0.246 e. The Morgan fingerprint density at radius 1 is 0.692 bits per heavy atom. The quantitative estimate of drug-likeness (QED) is 0.325. The third-order valence-electron chi connectivity index (χ3n) is 3.28. The van der Waals surface area contributed by atoms with Crippen LogP contribution in [0.3, 0.4) is 0 Å². The SMILES string of the molecule is CCCCOCCCC(=O)NCCOCCOCCNC(=O)COCC. The van der Waals surface area contributed by atoms with Gasteiger partial charge in [0, 0.05) is 39.3 Å². The largest absolute Gasteiger partial charge is 0.381 e. The number of carbonyl (C=O) groups is 2. The minimum absolute atomic E-state index is 0.0201. The molecular weight excluding hydrogens is 340 g/mol. The fraction of sp³-hybridized carbons (Fsp3) is 0.889. The Kier molecular flexibility index (Phi) is 19.2. The minimum atomic E-state index is -0.144. The summed E-state index contributed by atoms with van der Waals surface area (Å²) in [7, 11) is 0. The molecule has 2 amide bonds. The molecular formula is C18H36N2O6. The lowest BCUT2D eigenvalue weighted by molar-refractivity contribution is -0.125. The number of nitrogens with one attached hydrogen (secondary N) is 2. The van der Waals surface area contributed by atoms with E-state index in [1.165, 1.54) is 0 Å². The van der Waals surface area contributed by atoms with Crippen LogP contribution in [0.5, 0.6) is 0 Å². The lowest BCUT2D eigenvalue weighted by Gasteiger charge is -2.08. The Morgan fingerprint density at radius 3 is 1.88 bits per heavy atom. The summed E-state index contributed by atoms with van der Waals surface area (Å²) in [5, 5.41) is 5.49. The molecule has 0 atom stereocenters. The van der Waals surface area contributed by atoms with Gasteiger partial charge < -0.3 is 29.6 Å². The Labute approximate surface area is 157 Å². The topological polar surface area (TPSA) is 95.1 Å². The van der Waals surface area contributed by atoms with Crippen molar-refractivity contribution in [2.45, 2.75) is 39.5 Å². The average molecular weight is 376 g/mol. The van der Waals surface area contributed by atoms with Gasteiger partial charge in [0.05, 0.1) is 26.4 Å². The number of unbranched alkanes of at least 4 members (excludes halogenated alkanes) is 1. The third-order valence-corrected chi connectivity index (χ3v) is 3.28. The minimum Gasteiger partial charge on any atom is -0.381 e. The van der Waals surface area contributed by atoms with E-state index in [0.717, 1.165) is 25.9 Å². The molecule has 26 heavy (non-hydrogen) atoms. The first kappa shape index (κ1) is 24.8. The zero-order valence-electron chi connectivity index (χ0n) is 16.3. The van der Waals surface area contributed by atoms with Crippen molar-refractivity contribution < 1.29 is 28.5 Å². The number of amides is 2. The first-order chi connectivity index (χ1) is 12.7. The maximum atomic E-state index is 11.6. The molecule has 2 N–H and O–H groups in total. The van der Waals surface area contributed by atoms with E-state index >= 15 is 0 Å². The molecule has 0 aliphatic rings. The molecule has 8 heteroatoms. The summed E-state index contributed by atoms with van der Waals surface area (Å²) in [5.41, 5.74) is 0. The van der Waals surface area contributed by atoms with Gasteiger partial charge in [-0.2, -0.15) is 0 Å². The van der Waals surface area contributed by atoms with Crippen LogP contribution in [0.4, 0.5) is 0 Å². The van der Waals surface area contributed by atoms with Gasteiger partial charge in [-0.15, -0.1) is 0 Å². The standard InChI is InChI=1S/C18H36N2O6/c1-3-5-10-24-11-6-7-17(21)19-8-12-25-14-15-26-13-9-20-18(22)16-23-4-2/h3-16H2,1-2H3,(H,19,21)(H,20,22). The van der Waals surface area contributed by atoms with Crippen molar-refractivity contribution in [3.8, 4) is 0 Å². The van der Waals surface area contributed by atoms with Gasteiger partial charge in [-0.3, -0.25) is 9.59 Å². The zero-order valence-corrected chi connectivity index (χ0v) is 16.3. The molecule has 0 aromatic rings. The molecule has 0 saturated heterocycles. The van der Waals surface area contributed by atoms with Gasteiger partial charge in [-0.05, 0) is 19.8 Å². The lowest BCUT2D eigenvalue weighted by Crippen LogP contribution is -2.31. The zero-order chi connectivity index (χ0) is 19.3. The van der Waals surface area contributed by atoms with Crippen molar-refractivity contribution in [3.63, 3.8) is 0 Å². The van der Waals surface area contributed by atoms with E-state index in [1.54, 1.807) is 0 Å². The molecule has 154 valence electrons. The molecule has 0 fully saturated rings. The monoisotopic (exact) mass is 376 g/mol. The van der Waals surface area contributed by atoms with Gasteiger partial charge in [0.25, 0.3) is 0 Å². The maximum absolute atomic E-state index is 11.6. The summed E-state index contributed by atoms with van der Waals surface area (Å²) in [6.45, 7) is 8.69. The predicted octanol–water partition coefficient (Wildman–Crippen LogP) is 0.885. The van der Waals surface area contributed by atoms with Crippen molar-refractivity contribution in [1.29, 1.82) is 0 Å². The summed E-state index contributed by atoms with van der Waals surface area (Å²) < 4.78 is 21.1. The highest BCUT2D eigenvalue weighted by Crippen LogP contribution is 1.93. The van der Waals surface area contributed by atoms with E-state index in [1.807, 2.05) is 6.92 Å². The molecule has 0 heterocycles. The predicted molar refractivity (Wildman–Crippen MR) is 99.1 cm³/mol. The van der Waals surface area contributed by atoms with Crippen molar-refractivity contribution in [3.05, 3.63) is 0 Å². The van der Waals surface area contributed by atoms with Crippen molar-refractivity contribution in [2.75, 3.05) is 65.9 Å². The van der Waals surface area contributed by atoms with E-state index in [0.29, 0.717) is 59.2 Å². The van der Waals surface area contributed by atoms with Gasteiger partial charge in [-0.1, -0.05) is 13.3 Å². The van der Waals surface area contributed by atoms with E-state index in [-0.39, 0.29) is 18.4 Å². The van der Waals surface area contributed by atoms with Crippen LogP contribution >= 0.6 is 0 Å². The Hall–Kier alpha value is -1.22. The number of hydrogen-bond acceptors (Lipinski definition) is 6. The molecule has 0 saturated carbocycles. The molecule has 8 nitrogen and oxygen atoms in total. The second-order valence-electron chi connectivity index (χ2n) is 5.63. The summed E-state index contributed by atoms with van der Waals surface area (Å²) in [5.74, 6) is -0.123.